The second kappa shape index (κ2) is 6.35. The van der Waals surface area contributed by atoms with Crippen molar-refractivity contribution in [2.75, 3.05) is 19.7 Å². The Morgan fingerprint density at radius 2 is 2.21 bits per heavy atom. The Morgan fingerprint density at radius 1 is 1.33 bits per heavy atom. The molecular weight excluding hydrogens is 330 g/mol. The first-order chi connectivity index (χ1) is 11.7. The first-order valence-corrected chi connectivity index (χ1v) is 8.14. The third kappa shape index (κ3) is 2.93. The summed E-state index contributed by atoms with van der Waals surface area (Å²) < 4.78 is 6.99. The zero-order valence-electron chi connectivity index (χ0n) is 12.8. The second-order valence-corrected chi connectivity index (χ2v) is 6.08. The number of hydrogen-bond acceptors (Lipinski definition) is 5. The van der Waals surface area contributed by atoms with Crippen LogP contribution in [0.2, 0.25) is 5.02 Å². The number of nitrogens with one attached hydrogen (secondary N) is 2. The lowest BCUT2D eigenvalue weighted by Gasteiger charge is -2.23. The van der Waals surface area contributed by atoms with E-state index in [4.69, 9.17) is 16.3 Å². The average Bonchev–Trinajstić information content (AvgIpc) is 3.00. The zero-order valence-corrected chi connectivity index (χ0v) is 13.6. The lowest BCUT2D eigenvalue weighted by atomic mass is 10.1. The van der Waals surface area contributed by atoms with Gasteiger partial charge in [0.1, 0.15) is 0 Å². The second-order valence-electron chi connectivity index (χ2n) is 5.67. The molecule has 7 nitrogen and oxygen atoms in total. The van der Waals surface area contributed by atoms with Crippen molar-refractivity contribution in [2.24, 2.45) is 0 Å². The van der Waals surface area contributed by atoms with Gasteiger partial charge >= 0.3 is 0 Å². The minimum absolute atomic E-state index is 0.0232. The molecule has 8 heteroatoms. The Balaban J connectivity index is 1.70. The fourth-order valence-electron chi connectivity index (χ4n) is 2.79. The van der Waals surface area contributed by atoms with Gasteiger partial charge in [-0.2, -0.15) is 9.50 Å². The first-order valence-electron chi connectivity index (χ1n) is 7.76. The standard InChI is InChI=1S/C16H16ClN5O2/c17-13-4-2-1-3-12(13)15-20-16-19-10(8-14(23)22(16)21-15)7-11-9-18-5-6-24-11/h1-4,8,11,18H,5-7,9H2,(H,19,20,21)/t11-/m1/s1. The number of fused-ring (bicyclic) bond motifs is 1. The molecular formula is C16H16ClN5O2. The molecule has 1 aliphatic heterocycles. The highest BCUT2D eigenvalue weighted by Crippen LogP contribution is 2.24. The molecule has 0 amide bonds. The molecule has 1 saturated heterocycles. The number of benzene rings is 1. The van der Waals surface area contributed by atoms with Gasteiger partial charge in [0.2, 0.25) is 0 Å². The lowest BCUT2D eigenvalue weighted by molar-refractivity contribution is 0.0286. The van der Waals surface area contributed by atoms with E-state index >= 15 is 0 Å². The van der Waals surface area contributed by atoms with Gasteiger partial charge in [-0.05, 0) is 12.1 Å². The summed E-state index contributed by atoms with van der Waals surface area (Å²) in [6.45, 7) is 2.28. The number of hydrogen-bond donors (Lipinski definition) is 2. The van der Waals surface area contributed by atoms with E-state index < -0.39 is 0 Å². The molecule has 124 valence electrons. The molecule has 0 aliphatic carbocycles. The van der Waals surface area contributed by atoms with E-state index in [0.717, 1.165) is 18.7 Å². The van der Waals surface area contributed by atoms with E-state index in [9.17, 15) is 4.79 Å². The third-order valence-corrected chi connectivity index (χ3v) is 4.28. The number of nitrogens with zero attached hydrogens (tertiary/aromatic N) is 3. The van der Waals surface area contributed by atoms with Gasteiger partial charge < -0.3 is 10.1 Å². The molecule has 24 heavy (non-hydrogen) atoms. The molecule has 1 fully saturated rings. The maximum Gasteiger partial charge on any atom is 0.274 e. The summed E-state index contributed by atoms with van der Waals surface area (Å²) in [5.41, 5.74) is 1.20. The van der Waals surface area contributed by atoms with Gasteiger partial charge in [0, 0.05) is 31.1 Å². The molecule has 3 heterocycles. The number of rotatable bonds is 3. The molecule has 0 unspecified atom stereocenters. The Bertz CT molecular complexity index is 930. The molecule has 0 spiro atoms. The summed E-state index contributed by atoms with van der Waals surface area (Å²) in [6, 6.07) is 8.84. The summed E-state index contributed by atoms with van der Waals surface area (Å²) in [5, 5.41) is 6.78. The highest BCUT2D eigenvalue weighted by atomic mass is 35.5. The predicted molar refractivity (Wildman–Crippen MR) is 90.4 cm³/mol. The highest BCUT2D eigenvalue weighted by Gasteiger charge is 2.17. The van der Waals surface area contributed by atoms with Crippen LogP contribution in [0.25, 0.3) is 17.2 Å². The van der Waals surface area contributed by atoms with Crippen LogP contribution in [0, 0.1) is 0 Å². The molecule has 4 rings (SSSR count). The molecule has 0 radical (unpaired) electrons. The topological polar surface area (TPSA) is 84.3 Å². The van der Waals surface area contributed by atoms with Crippen molar-refractivity contribution in [1.29, 1.82) is 0 Å². The molecule has 3 aromatic rings. The van der Waals surface area contributed by atoms with E-state index in [1.54, 1.807) is 6.07 Å². The maximum absolute atomic E-state index is 12.3. The highest BCUT2D eigenvalue weighted by molar-refractivity contribution is 6.33. The summed E-state index contributed by atoms with van der Waals surface area (Å²) in [4.78, 5) is 21.2. The first kappa shape index (κ1) is 15.3. The van der Waals surface area contributed by atoms with Crippen LogP contribution < -0.4 is 10.9 Å². The Hall–Kier alpha value is -2.22. The predicted octanol–water partition coefficient (Wildman–Crippen LogP) is 1.27. The summed E-state index contributed by atoms with van der Waals surface area (Å²) >= 11 is 6.19. The third-order valence-electron chi connectivity index (χ3n) is 3.95. The van der Waals surface area contributed by atoms with Crippen LogP contribution >= 0.6 is 11.6 Å². The Labute approximate surface area is 142 Å². The van der Waals surface area contributed by atoms with Crippen LogP contribution in [-0.2, 0) is 11.2 Å². The van der Waals surface area contributed by atoms with Crippen molar-refractivity contribution in [3.8, 4) is 11.4 Å². The number of H-pyrrole nitrogens is 1. The molecule has 1 atom stereocenters. The summed E-state index contributed by atoms with van der Waals surface area (Å²) in [5.74, 6) is 0.842. The molecule has 2 N–H and O–H groups in total. The van der Waals surface area contributed by atoms with Crippen LogP contribution in [0.1, 0.15) is 5.69 Å². The minimum atomic E-state index is -0.204. The quantitative estimate of drug-likeness (QED) is 0.746. The van der Waals surface area contributed by atoms with Gasteiger partial charge in [-0.1, -0.05) is 23.7 Å². The number of morpholine rings is 1. The van der Waals surface area contributed by atoms with Crippen molar-refractivity contribution in [3.63, 3.8) is 0 Å². The van der Waals surface area contributed by atoms with E-state index in [0.29, 0.717) is 35.3 Å². The van der Waals surface area contributed by atoms with Crippen molar-refractivity contribution in [3.05, 3.63) is 51.4 Å². The van der Waals surface area contributed by atoms with E-state index in [2.05, 4.69) is 20.4 Å². The average molecular weight is 346 g/mol. The summed E-state index contributed by atoms with van der Waals surface area (Å²) in [7, 11) is 0. The van der Waals surface area contributed by atoms with Crippen LogP contribution in [0.15, 0.2) is 35.1 Å². The molecule has 0 bridgehead atoms. The smallest absolute Gasteiger partial charge is 0.274 e. The maximum atomic E-state index is 12.3. The van der Waals surface area contributed by atoms with Crippen LogP contribution in [-0.4, -0.2) is 45.4 Å². The number of aromatic nitrogens is 4. The van der Waals surface area contributed by atoms with Crippen LogP contribution in [0.3, 0.4) is 0 Å². The summed E-state index contributed by atoms with van der Waals surface area (Å²) in [6.07, 6.45) is 0.600. The lowest BCUT2D eigenvalue weighted by Crippen LogP contribution is -2.40. The van der Waals surface area contributed by atoms with E-state index in [-0.39, 0.29) is 11.7 Å². The van der Waals surface area contributed by atoms with Gasteiger partial charge in [-0.15, -0.1) is 0 Å². The molecule has 0 saturated carbocycles. The van der Waals surface area contributed by atoms with Crippen molar-refractivity contribution < 1.29 is 4.74 Å². The van der Waals surface area contributed by atoms with Crippen LogP contribution in [0.5, 0.6) is 0 Å². The number of aromatic amines is 1. The fourth-order valence-corrected chi connectivity index (χ4v) is 3.01. The zero-order chi connectivity index (χ0) is 16.5. The minimum Gasteiger partial charge on any atom is -0.375 e. The number of halogens is 1. The van der Waals surface area contributed by atoms with Gasteiger partial charge in [0.05, 0.1) is 23.4 Å². The molecule has 1 aromatic carbocycles. The van der Waals surface area contributed by atoms with Crippen LogP contribution in [0.4, 0.5) is 0 Å². The van der Waals surface area contributed by atoms with Gasteiger partial charge in [-0.3, -0.25) is 9.89 Å². The van der Waals surface area contributed by atoms with Gasteiger partial charge in [0.15, 0.2) is 5.82 Å². The van der Waals surface area contributed by atoms with Gasteiger partial charge in [0.25, 0.3) is 11.3 Å². The fraction of sp³-hybridized carbons (Fsp3) is 0.312. The molecule has 1 aliphatic rings. The van der Waals surface area contributed by atoms with Crippen molar-refractivity contribution in [2.45, 2.75) is 12.5 Å². The van der Waals surface area contributed by atoms with E-state index in [1.807, 2.05) is 18.2 Å². The van der Waals surface area contributed by atoms with Crippen molar-refractivity contribution in [1.82, 2.24) is 24.9 Å². The van der Waals surface area contributed by atoms with E-state index in [1.165, 1.54) is 10.6 Å². The number of ether oxygens (including phenoxy) is 1. The van der Waals surface area contributed by atoms with Crippen molar-refractivity contribution >= 4 is 17.4 Å². The van der Waals surface area contributed by atoms with Gasteiger partial charge in [-0.25, -0.2) is 4.98 Å². The SMILES string of the molecule is O=c1cc(C[C@@H]2CNCCO2)nc2nc(-c3ccccc3Cl)[nH]n12. The molecule has 2 aromatic heterocycles. The monoisotopic (exact) mass is 345 g/mol. The normalized spacial score (nSPS) is 18.1. The Kier molecular flexibility index (Phi) is 4.05. The Morgan fingerprint density at radius 3 is 3.00 bits per heavy atom. The largest absolute Gasteiger partial charge is 0.375 e.